The number of hydrogen-bond donors (Lipinski definition) is 0. The van der Waals surface area contributed by atoms with Crippen LogP contribution in [0.25, 0.3) is 0 Å². The first kappa shape index (κ1) is 21.3. The molecule has 1 fully saturated rings. The lowest BCUT2D eigenvalue weighted by Gasteiger charge is -2.40. The Morgan fingerprint density at radius 1 is 0.933 bits per heavy atom. The first-order valence-electron chi connectivity index (χ1n) is 9.53. The van der Waals surface area contributed by atoms with Gasteiger partial charge in [-0.05, 0) is 48.5 Å². The minimum atomic E-state index is -0.922. The maximum atomic E-state index is 13.1. The lowest BCUT2D eigenvalue weighted by molar-refractivity contribution is -0.147. The van der Waals surface area contributed by atoms with Crippen molar-refractivity contribution in [3.8, 4) is 0 Å². The first-order chi connectivity index (χ1) is 14.3. The van der Waals surface area contributed by atoms with Crippen LogP contribution in [0.2, 0.25) is 0 Å². The van der Waals surface area contributed by atoms with Gasteiger partial charge in [0.2, 0.25) is 0 Å². The number of carbonyl (C=O) groups is 3. The van der Waals surface area contributed by atoms with Crippen LogP contribution in [0, 0.1) is 5.82 Å². The third-order valence-electron chi connectivity index (χ3n) is 5.12. The summed E-state index contributed by atoms with van der Waals surface area (Å²) in [6, 6.07) is 11.4. The fraction of sp³-hybridized carbons (Fsp3) is 0.318. The van der Waals surface area contributed by atoms with Gasteiger partial charge >= 0.3 is 5.97 Å². The van der Waals surface area contributed by atoms with Gasteiger partial charge in [-0.1, -0.05) is 0 Å². The molecule has 3 rings (SSSR count). The maximum Gasteiger partial charge on any atom is 0.330 e. The zero-order valence-electron chi connectivity index (χ0n) is 17.2. The van der Waals surface area contributed by atoms with Crippen molar-refractivity contribution in [2.24, 2.45) is 0 Å². The van der Waals surface area contributed by atoms with Crippen molar-refractivity contribution in [1.82, 2.24) is 9.80 Å². The molecule has 0 radical (unpaired) electrons. The summed E-state index contributed by atoms with van der Waals surface area (Å²) in [6.07, 6.45) is 0. The van der Waals surface area contributed by atoms with Crippen molar-refractivity contribution >= 4 is 23.5 Å². The predicted molar refractivity (Wildman–Crippen MR) is 110 cm³/mol. The number of anilines is 1. The fourth-order valence-electron chi connectivity index (χ4n) is 3.39. The minimum Gasteiger partial charge on any atom is -0.467 e. The van der Waals surface area contributed by atoms with Gasteiger partial charge in [-0.15, -0.1) is 0 Å². The van der Waals surface area contributed by atoms with Gasteiger partial charge in [0.05, 0.1) is 13.7 Å². The molecule has 0 aromatic heterocycles. The summed E-state index contributed by atoms with van der Waals surface area (Å²) in [4.78, 5) is 43.0. The second kappa shape index (κ2) is 8.94. The molecule has 1 saturated heterocycles. The van der Waals surface area contributed by atoms with E-state index in [-0.39, 0.29) is 31.4 Å². The maximum absolute atomic E-state index is 13.1. The number of ether oxygens (including phenoxy) is 1. The van der Waals surface area contributed by atoms with Gasteiger partial charge in [0.1, 0.15) is 11.9 Å². The summed E-state index contributed by atoms with van der Waals surface area (Å²) in [7, 11) is 5.06. The zero-order chi connectivity index (χ0) is 21.8. The van der Waals surface area contributed by atoms with Crippen LogP contribution in [0.4, 0.5) is 10.1 Å². The third kappa shape index (κ3) is 4.42. The quantitative estimate of drug-likeness (QED) is 0.718. The van der Waals surface area contributed by atoms with Crippen LogP contribution in [0.3, 0.4) is 0 Å². The second-order valence-electron chi connectivity index (χ2n) is 7.24. The Hall–Kier alpha value is -3.42. The van der Waals surface area contributed by atoms with E-state index in [0.717, 1.165) is 5.69 Å². The van der Waals surface area contributed by atoms with Crippen LogP contribution in [-0.4, -0.2) is 74.5 Å². The molecule has 7 nitrogen and oxygen atoms in total. The van der Waals surface area contributed by atoms with E-state index >= 15 is 0 Å². The Labute approximate surface area is 174 Å². The largest absolute Gasteiger partial charge is 0.467 e. The van der Waals surface area contributed by atoms with Gasteiger partial charge in [0.25, 0.3) is 11.8 Å². The number of piperazine rings is 1. The summed E-state index contributed by atoms with van der Waals surface area (Å²) >= 11 is 0. The highest BCUT2D eigenvalue weighted by Crippen LogP contribution is 2.20. The van der Waals surface area contributed by atoms with E-state index in [9.17, 15) is 18.8 Å². The van der Waals surface area contributed by atoms with Crippen molar-refractivity contribution < 1.29 is 23.5 Å². The standard InChI is InChI=1S/C22H24FN3O4/c1-24(2)18-10-6-16(7-11-18)21(28)26-13-12-25(14-19(26)22(29)30-3)20(27)15-4-8-17(23)9-5-15/h4-11,19H,12-14H2,1-3H3. The summed E-state index contributed by atoms with van der Waals surface area (Å²) in [5, 5.41) is 0. The smallest absolute Gasteiger partial charge is 0.330 e. The minimum absolute atomic E-state index is 0.00437. The van der Waals surface area contributed by atoms with Crippen LogP contribution >= 0.6 is 0 Å². The molecule has 1 atom stereocenters. The fourth-order valence-corrected chi connectivity index (χ4v) is 3.39. The third-order valence-corrected chi connectivity index (χ3v) is 5.12. The van der Waals surface area contributed by atoms with Crippen molar-refractivity contribution in [1.29, 1.82) is 0 Å². The number of halogens is 1. The topological polar surface area (TPSA) is 70.2 Å². The van der Waals surface area contributed by atoms with E-state index in [0.29, 0.717) is 11.1 Å². The molecule has 1 heterocycles. The van der Waals surface area contributed by atoms with E-state index in [1.807, 2.05) is 31.1 Å². The van der Waals surface area contributed by atoms with E-state index in [1.165, 1.54) is 41.2 Å². The predicted octanol–water partition coefficient (Wildman–Crippen LogP) is 2.03. The zero-order valence-corrected chi connectivity index (χ0v) is 17.2. The highest BCUT2D eigenvalue weighted by atomic mass is 19.1. The van der Waals surface area contributed by atoms with Gasteiger partial charge in [-0.2, -0.15) is 0 Å². The highest BCUT2D eigenvalue weighted by molar-refractivity contribution is 5.98. The molecule has 0 saturated carbocycles. The molecule has 0 bridgehead atoms. The van der Waals surface area contributed by atoms with Gasteiger partial charge in [-0.3, -0.25) is 9.59 Å². The van der Waals surface area contributed by atoms with Crippen LogP contribution < -0.4 is 4.90 Å². The molecule has 158 valence electrons. The molecule has 0 N–H and O–H groups in total. The molecular weight excluding hydrogens is 389 g/mol. The second-order valence-corrected chi connectivity index (χ2v) is 7.24. The van der Waals surface area contributed by atoms with E-state index in [4.69, 9.17) is 4.74 Å². The lowest BCUT2D eigenvalue weighted by atomic mass is 10.1. The number of hydrogen-bond acceptors (Lipinski definition) is 5. The molecule has 1 aliphatic heterocycles. The molecule has 1 aliphatic rings. The number of methoxy groups -OCH3 is 1. The van der Waals surface area contributed by atoms with E-state index in [2.05, 4.69) is 0 Å². The van der Waals surface area contributed by atoms with E-state index in [1.54, 1.807) is 12.1 Å². The Morgan fingerprint density at radius 2 is 1.50 bits per heavy atom. The molecule has 2 aromatic rings. The average Bonchev–Trinajstić information content (AvgIpc) is 2.77. The Bertz CT molecular complexity index is 928. The number of benzene rings is 2. The van der Waals surface area contributed by atoms with Crippen LogP contribution in [0.1, 0.15) is 20.7 Å². The van der Waals surface area contributed by atoms with Gasteiger partial charge in [0, 0.05) is 44.0 Å². The normalized spacial score (nSPS) is 16.2. The first-order valence-corrected chi connectivity index (χ1v) is 9.53. The number of rotatable bonds is 4. The number of esters is 1. The lowest BCUT2D eigenvalue weighted by Crippen LogP contribution is -2.59. The molecular formula is C22H24FN3O4. The number of carbonyl (C=O) groups excluding carboxylic acids is 3. The summed E-state index contributed by atoms with van der Waals surface area (Å²) in [5.74, 6) is -1.66. The summed E-state index contributed by atoms with van der Waals surface area (Å²) in [5.41, 5.74) is 1.72. The number of nitrogens with zero attached hydrogens (tertiary/aromatic N) is 3. The number of amides is 2. The van der Waals surface area contributed by atoms with Crippen LogP contribution in [0.5, 0.6) is 0 Å². The van der Waals surface area contributed by atoms with Gasteiger partial charge in [0.15, 0.2) is 0 Å². The van der Waals surface area contributed by atoms with Crippen LogP contribution in [0.15, 0.2) is 48.5 Å². The SMILES string of the molecule is COC(=O)C1CN(C(=O)c2ccc(F)cc2)CCN1C(=O)c1ccc(N(C)C)cc1. The highest BCUT2D eigenvalue weighted by Gasteiger charge is 2.38. The molecule has 2 aromatic carbocycles. The van der Waals surface area contributed by atoms with E-state index < -0.39 is 17.8 Å². The van der Waals surface area contributed by atoms with Crippen molar-refractivity contribution in [2.45, 2.75) is 6.04 Å². The monoisotopic (exact) mass is 413 g/mol. The van der Waals surface area contributed by atoms with Gasteiger partial charge in [-0.25, -0.2) is 9.18 Å². The molecule has 0 spiro atoms. The summed E-state index contributed by atoms with van der Waals surface area (Å²) < 4.78 is 18.0. The Kier molecular flexibility index (Phi) is 6.34. The Balaban J connectivity index is 1.79. The molecule has 30 heavy (non-hydrogen) atoms. The molecule has 8 heteroatoms. The van der Waals surface area contributed by atoms with Crippen LogP contribution in [-0.2, 0) is 9.53 Å². The molecule has 0 aliphatic carbocycles. The molecule has 2 amide bonds. The van der Waals surface area contributed by atoms with Crippen molar-refractivity contribution in [3.63, 3.8) is 0 Å². The van der Waals surface area contributed by atoms with Crippen molar-refractivity contribution in [2.75, 3.05) is 45.7 Å². The van der Waals surface area contributed by atoms with Gasteiger partial charge < -0.3 is 19.4 Å². The Morgan fingerprint density at radius 3 is 2.07 bits per heavy atom. The summed E-state index contributed by atoms with van der Waals surface area (Å²) in [6.45, 7) is 0.441. The van der Waals surface area contributed by atoms with Crippen molar-refractivity contribution in [3.05, 3.63) is 65.5 Å². The molecule has 1 unspecified atom stereocenters. The average molecular weight is 413 g/mol.